The lowest BCUT2D eigenvalue weighted by Crippen LogP contribution is -2.30. The van der Waals surface area contributed by atoms with E-state index < -0.39 is 13.0 Å². The first kappa shape index (κ1) is 20.5. The largest absolute Gasteiger partial charge is 0.488 e. The van der Waals surface area contributed by atoms with E-state index in [4.69, 9.17) is 5.73 Å². The van der Waals surface area contributed by atoms with Gasteiger partial charge in [0.1, 0.15) is 5.82 Å². The van der Waals surface area contributed by atoms with E-state index in [0.717, 1.165) is 22.2 Å². The molecule has 2 heterocycles. The zero-order chi connectivity index (χ0) is 22.1. The van der Waals surface area contributed by atoms with Crippen molar-refractivity contribution < 1.29 is 14.8 Å². The Hall–Kier alpha value is -3.76. The summed E-state index contributed by atoms with van der Waals surface area (Å²) in [6.07, 6.45) is 0. The molecular weight excluding hydrogens is 395 g/mol. The number of para-hydroxylation sites is 1. The van der Waals surface area contributed by atoms with Crippen LogP contribution in [0.1, 0.15) is 27.4 Å². The molecule has 0 spiro atoms. The van der Waals surface area contributed by atoms with E-state index in [1.54, 1.807) is 37.3 Å². The third-order valence-corrected chi connectivity index (χ3v) is 4.96. The summed E-state index contributed by atoms with van der Waals surface area (Å²) in [4.78, 5) is 28.4. The average Bonchev–Trinajstić information content (AvgIpc) is 3.07. The molecule has 2 aromatic carbocycles. The minimum absolute atomic E-state index is 0.386. The molecule has 0 aliphatic rings. The molecule has 0 saturated heterocycles. The molecule has 2 aromatic heterocycles. The summed E-state index contributed by atoms with van der Waals surface area (Å²) in [5.74, 6) is 0.881. The molecule has 0 fully saturated rings. The number of anilines is 1. The van der Waals surface area contributed by atoms with Gasteiger partial charge in [-0.25, -0.2) is 4.98 Å². The van der Waals surface area contributed by atoms with E-state index in [-0.39, 0.29) is 0 Å². The second-order valence-electron chi connectivity index (χ2n) is 7.22. The maximum atomic E-state index is 11.8. The molecule has 9 nitrogen and oxygen atoms in total. The number of aryl methyl sites for hydroxylation is 2. The number of rotatable bonds is 6. The third-order valence-electron chi connectivity index (χ3n) is 4.96. The van der Waals surface area contributed by atoms with Gasteiger partial charge in [0.25, 0.3) is 5.91 Å². The zero-order valence-corrected chi connectivity index (χ0v) is 17.0. The lowest BCUT2D eigenvalue weighted by atomic mass is 9.80. The second-order valence-corrected chi connectivity index (χ2v) is 7.22. The summed E-state index contributed by atoms with van der Waals surface area (Å²) >= 11 is 0. The smallest absolute Gasteiger partial charge is 0.423 e. The molecular formula is C21H21BN6O3. The number of amides is 1. The number of aromatic amines is 1. The first-order valence-electron chi connectivity index (χ1n) is 9.66. The van der Waals surface area contributed by atoms with Crippen molar-refractivity contribution >= 4 is 35.3 Å². The number of hydrogen-bond acceptors (Lipinski definition) is 7. The maximum absolute atomic E-state index is 11.8. The molecule has 0 saturated carbocycles. The highest BCUT2D eigenvalue weighted by Crippen LogP contribution is 2.32. The number of primary amides is 1. The number of aromatic nitrogens is 4. The van der Waals surface area contributed by atoms with E-state index >= 15 is 0 Å². The fraction of sp³-hybridized carbons (Fsp3) is 0.143. The average molecular weight is 416 g/mol. The Kier molecular flexibility index (Phi) is 5.41. The fourth-order valence-electron chi connectivity index (χ4n) is 3.56. The number of hydrogen-bond donors (Lipinski definition) is 5. The molecule has 4 aromatic rings. The van der Waals surface area contributed by atoms with Crippen molar-refractivity contribution in [3.63, 3.8) is 0 Å². The van der Waals surface area contributed by atoms with Crippen molar-refractivity contribution in [2.24, 2.45) is 5.73 Å². The van der Waals surface area contributed by atoms with Gasteiger partial charge in [0.2, 0.25) is 5.95 Å². The molecule has 6 N–H and O–H groups in total. The fourth-order valence-corrected chi connectivity index (χ4v) is 3.56. The number of benzene rings is 2. The van der Waals surface area contributed by atoms with Gasteiger partial charge < -0.3 is 26.1 Å². The molecule has 10 heteroatoms. The van der Waals surface area contributed by atoms with Crippen LogP contribution in [0.5, 0.6) is 0 Å². The predicted octanol–water partition coefficient (Wildman–Crippen LogP) is 1.03. The van der Waals surface area contributed by atoms with Gasteiger partial charge in [-0.15, -0.1) is 0 Å². The monoisotopic (exact) mass is 416 g/mol. The summed E-state index contributed by atoms with van der Waals surface area (Å²) in [5.41, 5.74) is 9.40. The van der Waals surface area contributed by atoms with Crippen LogP contribution in [0.25, 0.3) is 22.3 Å². The van der Waals surface area contributed by atoms with Crippen LogP contribution in [0.4, 0.5) is 5.95 Å². The number of fused-ring (bicyclic) bond motifs is 1. The summed E-state index contributed by atoms with van der Waals surface area (Å²) < 4.78 is 0. The highest BCUT2D eigenvalue weighted by Gasteiger charge is 2.18. The first-order chi connectivity index (χ1) is 14.8. The zero-order valence-electron chi connectivity index (χ0n) is 17.0. The topological polar surface area (TPSA) is 150 Å². The molecule has 0 atom stereocenters. The summed E-state index contributed by atoms with van der Waals surface area (Å²) in [6, 6.07) is 12.3. The Morgan fingerprint density at radius 1 is 1.13 bits per heavy atom. The van der Waals surface area contributed by atoms with Crippen LogP contribution in [0.15, 0.2) is 42.5 Å². The van der Waals surface area contributed by atoms with Crippen molar-refractivity contribution in [3.8, 4) is 11.4 Å². The molecule has 0 bridgehead atoms. The van der Waals surface area contributed by atoms with Crippen molar-refractivity contribution in [1.82, 2.24) is 19.9 Å². The summed E-state index contributed by atoms with van der Waals surface area (Å²) in [7, 11) is -1.53. The van der Waals surface area contributed by atoms with Crippen LogP contribution in [0, 0.1) is 13.8 Å². The standard InChI is InChI=1S/C21H21BN6O3/c1-11-17(15-7-4-8-16(19(23)29)18(15)25-11)20-26-12(2)27-21(28-20)24-10-13-5-3-6-14(9-13)22(30)31/h3-9,25,30-31H,10H2,1-2H3,(H2,23,29)(H,24,26,27,28). The molecule has 0 aliphatic carbocycles. The molecule has 4 rings (SSSR count). The summed E-state index contributed by atoms with van der Waals surface area (Å²) in [6.45, 7) is 4.05. The Balaban J connectivity index is 1.69. The van der Waals surface area contributed by atoms with E-state index in [2.05, 4.69) is 25.3 Å². The van der Waals surface area contributed by atoms with Crippen LogP contribution in [0.2, 0.25) is 0 Å². The number of nitrogens with two attached hydrogens (primary N) is 1. The van der Waals surface area contributed by atoms with Crippen molar-refractivity contribution in [2.45, 2.75) is 20.4 Å². The lowest BCUT2D eigenvalue weighted by molar-refractivity contribution is 0.100. The quantitative estimate of drug-likeness (QED) is 0.295. The van der Waals surface area contributed by atoms with Gasteiger partial charge in [-0.05, 0) is 30.9 Å². The first-order valence-corrected chi connectivity index (χ1v) is 9.66. The van der Waals surface area contributed by atoms with Gasteiger partial charge in [0, 0.05) is 23.2 Å². The van der Waals surface area contributed by atoms with E-state index in [9.17, 15) is 14.8 Å². The molecule has 31 heavy (non-hydrogen) atoms. The van der Waals surface area contributed by atoms with E-state index in [1.165, 1.54) is 0 Å². The Morgan fingerprint density at radius 3 is 2.65 bits per heavy atom. The van der Waals surface area contributed by atoms with Gasteiger partial charge in [-0.3, -0.25) is 4.79 Å². The van der Waals surface area contributed by atoms with Gasteiger partial charge in [-0.1, -0.05) is 36.4 Å². The van der Waals surface area contributed by atoms with Gasteiger partial charge in [0.15, 0.2) is 5.82 Å². The maximum Gasteiger partial charge on any atom is 0.488 e. The molecule has 0 unspecified atom stereocenters. The highest BCUT2D eigenvalue weighted by molar-refractivity contribution is 6.58. The van der Waals surface area contributed by atoms with Crippen molar-refractivity contribution in [1.29, 1.82) is 0 Å². The van der Waals surface area contributed by atoms with Crippen molar-refractivity contribution in [2.75, 3.05) is 5.32 Å². The van der Waals surface area contributed by atoms with Crippen LogP contribution >= 0.6 is 0 Å². The molecule has 1 amide bonds. The minimum Gasteiger partial charge on any atom is -0.423 e. The second kappa shape index (κ2) is 8.17. The Labute approximate surface area is 178 Å². The van der Waals surface area contributed by atoms with Crippen LogP contribution in [-0.2, 0) is 6.54 Å². The van der Waals surface area contributed by atoms with Gasteiger partial charge in [0.05, 0.1) is 11.1 Å². The van der Waals surface area contributed by atoms with Crippen LogP contribution in [-0.4, -0.2) is 43.0 Å². The number of H-pyrrole nitrogens is 1. The lowest BCUT2D eigenvalue weighted by Gasteiger charge is -2.09. The summed E-state index contributed by atoms with van der Waals surface area (Å²) in [5, 5.41) is 22.7. The number of carbonyl (C=O) groups is 1. The minimum atomic E-state index is -1.53. The Bertz CT molecular complexity index is 1290. The molecule has 0 aliphatic heterocycles. The highest BCUT2D eigenvalue weighted by atomic mass is 16.4. The third kappa shape index (κ3) is 4.11. The normalized spacial score (nSPS) is 11.0. The number of carbonyl (C=O) groups excluding carboxylic acids is 1. The molecule has 156 valence electrons. The van der Waals surface area contributed by atoms with Crippen LogP contribution < -0.4 is 16.5 Å². The van der Waals surface area contributed by atoms with Gasteiger partial charge in [-0.2, -0.15) is 9.97 Å². The Morgan fingerprint density at radius 2 is 1.90 bits per heavy atom. The van der Waals surface area contributed by atoms with Gasteiger partial charge >= 0.3 is 7.12 Å². The number of nitrogens with one attached hydrogen (secondary N) is 2. The SMILES string of the molecule is Cc1nc(NCc2cccc(B(O)O)c2)nc(-c2c(C)[nH]c3c(C(N)=O)cccc23)n1. The van der Waals surface area contributed by atoms with E-state index in [1.807, 2.05) is 19.1 Å². The van der Waals surface area contributed by atoms with E-state index in [0.29, 0.717) is 40.7 Å². The molecule has 0 radical (unpaired) electrons. The van der Waals surface area contributed by atoms with Crippen LogP contribution in [0.3, 0.4) is 0 Å². The van der Waals surface area contributed by atoms with Crippen molar-refractivity contribution in [3.05, 3.63) is 65.1 Å². The number of nitrogens with zero attached hydrogens (tertiary/aromatic N) is 3. The predicted molar refractivity (Wildman–Crippen MR) is 119 cm³/mol.